The number of nitrogens with zero attached hydrogens (tertiary/aromatic N) is 1. The second-order valence-corrected chi connectivity index (χ2v) is 8.04. The van der Waals surface area contributed by atoms with Crippen molar-refractivity contribution in [2.24, 2.45) is 5.73 Å². The number of rotatable bonds is 8. The second-order valence-electron chi connectivity index (χ2n) is 6.10. The van der Waals surface area contributed by atoms with Crippen molar-refractivity contribution in [3.05, 3.63) is 29.8 Å². The van der Waals surface area contributed by atoms with Crippen LogP contribution in [0.5, 0.6) is 0 Å². The average molecular weight is 353 g/mol. The highest BCUT2D eigenvalue weighted by molar-refractivity contribution is 7.89. The molecule has 1 aromatic carbocycles. The molecule has 0 bridgehead atoms. The van der Waals surface area contributed by atoms with Crippen molar-refractivity contribution < 1.29 is 13.2 Å². The Kier molecular flexibility index (Phi) is 7.20. The number of nitrogens with one attached hydrogen (secondary N) is 1. The number of nitrogens with two attached hydrogens (primary N) is 1. The normalized spacial score (nSPS) is 16.0. The van der Waals surface area contributed by atoms with Crippen LogP contribution in [-0.2, 0) is 21.2 Å². The van der Waals surface area contributed by atoms with Gasteiger partial charge in [-0.15, -0.1) is 0 Å². The zero-order valence-corrected chi connectivity index (χ0v) is 14.9. The summed E-state index contributed by atoms with van der Waals surface area (Å²) in [6.07, 6.45) is 4.71. The molecule has 1 aliphatic rings. The van der Waals surface area contributed by atoms with Gasteiger partial charge >= 0.3 is 0 Å². The van der Waals surface area contributed by atoms with Crippen LogP contribution in [0.3, 0.4) is 0 Å². The minimum Gasteiger partial charge on any atom is -0.356 e. The van der Waals surface area contributed by atoms with E-state index < -0.39 is 10.0 Å². The molecule has 0 unspecified atom stereocenters. The smallest absolute Gasteiger partial charge is 0.243 e. The Labute approximate surface area is 144 Å². The maximum atomic E-state index is 12.6. The minimum absolute atomic E-state index is 0.00605. The van der Waals surface area contributed by atoms with Crippen molar-refractivity contribution in [3.8, 4) is 0 Å². The van der Waals surface area contributed by atoms with E-state index in [1.165, 1.54) is 0 Å². The zero-order valence-electron chi connectivity index (χ0n) is 14.0. The predicted molar refractivity (Wildman–Crippen MR) is 94.1 cm³/mol. The van der Waals surface area contributed by atoms with Crippen molar-refractivity contribution in [3.63, 3.8) is 0 Å². The fourth-order valence-electron chi connectivity index (χ4n) is 2.76. The molecule has 0 radical (unpaired) electrons. The number of carbonyl (C=O) groups is 1. The fraction of sp³-hybridized carbons (Fsp3) is 0.588. The summed E-state index contributed by atoms with van der Waals surface area (Å²) in [6.45, 7) is 2.37. The van der Waals surface area contributed by atoms with Crippen LogP contribution in [0, 0.1) is 0 Å². The van der Waals surface area contributed by atoms with Gasteiger partial charge in [-0.25, -0.2) is 8.42 Å². The molecule has 2 rings (SSSR count). The largest absolute Gasteiger partial charge is 0.356 e. The lowest BCUT2D eigenvalue weighted by atomic mass is 10.1. The molecule has 1 aliphatic heterocycles. The summed E-state index contributed by atoms with van der Waals surface area (Å²) in [5.74, 6) is -0.00605. The van der Waals surface area contributed by atoms with Crippen molar-refractivity contribution in [1.29, 1.82) is 0 Å². The number of piperidine rings is 1. The van der Waals surface area contributed by atoms with Crippen LogP contribution in [0.15, 0.2) is 29.2 Å². The topological polar surface area (TPSA) is 92.5 Å². The summed E-state index contributed by atoms with van der Waals surface area (Å²) in [7, 11) is -3.38. The van der Waals surface area contributed by atoms with Gasteiger partial charge in [0.05, 0.1) is 4.90 Å². The average Bonchev–Trinajstić information content (AvgIpc) is 2.61. The van der Waals surface area contributed by atoms with E-state index in [9.17, 15) is 13.2 Å². The molecule has 1 saturated heterocycles. The zero-order chi connectivity index (χ0) is 17.4. The molecule has 3 N–H and O–H groups in total. The molecule has 134 valence electrons. The minimum atomic E-state index is -3.38. The number of benzene rings is 1. The number of carbonyl (C=O) groups excluding carboxylic acids is 1. The van der Waals surface area contributed by atoms with Gasteiger partial charge in [0.15, 0.2) is 0 Å². The monoisotopic (exact) mass is 353 g/mol. The van der Waals surface area contributed by atoms with Crippen LogP contribution in [0.1, 0.15) is 37.7 Å². The van der Waals surface area contributed by atoms with Crippen molar-refractivity contribution in [2.45, 2.75) is 43.4 Å². The number of sulfonamides is 1. The Morgan fingerprint density at radius 1 is 1.12 bits per heavy atom. The van der Waals surface area contributed by atoms with Gasteiger partial charge in [-0.2, -0.15) is 4.31 Å². The summed E-state index contributed by atoms with van der Waals surface area (Å²) >= 11 is 0. The predicted octanol–water partition coefficient (Wildman–Crippen LogP) is 1.26. The summed E-state index contributed by atoms with van der Waals surface area (Å²) in [5, 5.41) is 2.81. The molecule has 7 heteroatoms. The van der Waals surface area contributed by atoms with E-state index in [1.54, 1.807) is 28.6 Å². The van der Waals surface area contributed by atoms with Gasteiger partial charge in [0.2, 0.25) is 15.9 Å². The van der Waals surface area contributed by atoms with Crippen LogP contribution in [-0.4, -0.2) is 44.8 Å². The molecule has 0 atom stereocenters. The van der Waals surface area contributed by atoms with E-state index >= 15 is 0 Å². The van der Waals surface area contributed by atoms with Gasteiger partial charge in [0.1, 0.15) is 0 Å². The lowest BCUT2D eigenvalue weighted by Crippen LogP contribution is -2.35. The Morgan fingerprint density at radius 3 is 2.42 bits per heavy atom. The van der Waals surface area contributed by atoms with Crippen molar-refractivity contribution in [1.82, 2.24) is 9.62 Å². The Balaban J connectivity index is 1.89. The standard InChI is InChI=1S/C17H27N3O3S/c18-11-4-12-19-17(21)10-7-15-5-8-16(9-6-15)24(22,23)20-13-2-1-3-14-20/h5-6,8-9H,1-4,7,10-14,18H2,(H,19,21). The quantitative estimate of drug-likeness (QED) is 0.688. The van der Waals surface area contributed by atoms with E-state index in [2.05, 4.69) is 5.32 Å². The SMILES string of the molecule is NCCCNC(=O)CCc1ccc(S(=O)(=O)N2CCCCC2)cc1. The summed E-state index contributed by atoms with van der Waals surface area (Å²) in [4.78, 5) is 12.0. The third-order valence-corrected chi connectivity index (χ3v) is 6.13. The van der Waals surface area contributed by atoms with Crippen molar-refractivity contribution >= 4 is 15.9 Å². The van der Waals surface area contributed by atoms with Crippen LogP contribution in [0.4, 0.5) is 0 Å². The number of hydrogen-bond acceptors (Lipinski definition) is 4. The second kappa shape index (κ2) is 9.15. The molecule has 6 nitrogen and oxygen atoms in total. The van der Waals surface area contributed by atoms with E-state index in [4.69, 9.17) is 5.73 Å². The highest BCUT2D eigenvalue weighted by Gasteiger charge is 2.25. The Morgan fingerprint density at radius 2 is 1.79 bits per heavy atom. The number of amides is 1. The third-order valence-electron chi connectivity index (χ3n) is 4.22. The number of aryl methyl sites for hydroxylation is 1. The van der Waals surface area contributed by atoms with Crippen LogP contribution in [0.2, 0.25) is 0 Å². The van der Waals surface area contributed by atoms with Crippen LogP contribution in [0.25, 0.3) is 0 Å². The molecular weight excluding hydrogens is 326 g/mol. The van der Waals surface area contributed by atoms with Gasteiger partial charge in [0, 0.05) is 26.1 Å². The maximum Gasteiger partial charge on any atom is 0.243 e. The van der Waals surface area contributed by atoms with E-state index in [0.29, 0.717) is 43.9 Å². The van der Waals surface area contributed by atoms with Gasteiger partial charge in [-0.05, 0) is 49.9 Å². The Bertz CT molecular complexity index is 623. The number of hydrogen-bond donors (Lipinski definition) is 2. The molecule has 1 fully saturated rings. The summed E-state index contributed by atoms with van der Waals surface area (Å²) in [6, 6.07) is 6.88. The lowest BCUT2D eigenvalue weighted by molar-refractivity contribution is -0.121. The molecule has 1 heterocycles. The van der Waals surface area contributed by atoms with Gasteiger partial charge < -0.3 is 11.1 Å². The van der Waals surface area contributed by atoms with Gasteiger partial charge in [-0.3, -0.25) is 4.79 Å². The summed E-state index contributed by atoms with van der Waals surface area (Å²) < 4.78 is 26.7. The highest BCUT2D eigenvalue weighted by Crippen LogP contribution is 2.21. The molecule has 1 aromatic rings. The first-order chi connectivity index (χ1) is 11.5. The fourth-order valence-corrected chi connectivity index (χ4v) is 4.28. The van der Waals surface area contributed by atoms with E-state index in [1.807, 2.05) is 0 Å². The lowest BCUT2D eigenvalue weighted by Gasteiger charge is -2.25. The molecule has 24 heavy (non-hydrogen) atoms. The Hall–Kier alpha value is -1.44. The third kappa shape index (κ3) is 5.29. The van der Waals surface area contributed by atoms with E-state index in [0.717, 1.165) is 31.2 Å². The van der Waals surface area contributed by atoms with E-state index in [-0.39, 0.29) is 5.91 Å². The molecule has 0 aliphatic carbocycles. The molecule has 0 aromatic heterocycles. The first-order valence-electron chi connectivity index (χ1n) is 8.60. The molecule has 0 spiro atoms. The molecule has 0 saturated carbocycles. The van der Waals surface area contributed by atoms with Crippen molar-refractivity contribution in [2.75, 3.05) is 26.2 Å². The first kappa shape index (κ1) is 18.9. The van der Waals surface area contributed by atoms with Gasteiger partial charge in [-0.1, -0.05) is 18.6 Å². The van der Waals surface area contributed by atoms with Crippen LogP contribution < -0.4 is 11.1 Å². The first-order valence-corrected chi connectivity index (χ1v) is 10.0. The summed E-state index contributed by atoms with van der Waals surface area (Å²) in [5.41, 5.74) is 6.34. The maximum absolute atomic E-state index is 12.6. The van der Waals surface area contributed by atoms with Gasteiger partial charge in [0.25, 0.3) is 0 Å². The molecular formula is C17H27N3O3S. The van der Waals surface area contributed by atoms with Crippen LogP contribution >= 0.6 is 0 Å². The molecule has 1 amide bonds. The highest BCUT2D eigenvalue weighted by atomic mass is 32.2.